The number of hydrogen-bond donors (Lipinski definition) is 0. The molecule has 0 saturated carbocycles. The summed E-state index contributed by atoms with van der Waals surface area (Å²) in [6, 6.07) is 5.84. The molecule has 0 unspecified atom stereocenters. The van der Waals surface area contributed by atoms with Crippen molar-refractivity contribution in [2.45, 2.75) is 45.4 Å². The van der Waals surface area contributed by atoms with Crippen LogP contribution in [0.2, 0.25) is 0 Å². The molecule has 0 aliphatic carbocycles. The third-order valence-electron chi connectivity index (χ3n) is 3.38. The van der Waals surface area contributed by atoms with E-state index in [0.29, 0.717) is 13.0 Å². The molecule has 1 aromatic carbocycles. The van der Waals surface area contributed by atoms with Crippen molar-refractivity contribution in [3.63, 3.8) is 0 Å². The minimum Gasteiger partial charge on any atom is -0.492 e. The molecule has 1 aliphatic rings. The Bertz CT molecular complexity index is 433. The van der Waals surface area contributed by atoms with Crippen LogP contribution in [0, 0.1) is 0 Å². The maximum Gasteiger partial charge on any atom is 0.162 e. The molecular weight excluding hydrogens is 212 g/mol. The van der Waals surface area contributed by atoms with Gasteiger partial charge in [0.1, 0.15) is 5.75 Å². The fourth-order valence-corrected chi connectivity index (χ4v) is 2.18. The van der Waals surface area contributed by atoms with Gasteiger partial charge in [0.25, 0.3) is 0 Å². The Kier molecular flexibility index (Phi) is 3.23. The summed E-state index contributed by atoms with van der Waals surface area (Å²) in [6.07, 6.45) is 2.68. The quantitative estimate of drug-likeness (QED) is 0.739. The Hall–Kier alpha value is -1.31. The molecule has 2 rings (SSSR count). The standard InChI is InChI=1S/C15H20O2/c1-4-5-6-13(16)11-7-8-14-12(9-11)15(2,3)10-17-14/h7-9H,4-6,10H2,1-3H3. The van der Waals surface area contributed by atoms with E-state index in [1.807, 2.05) is 18.2 Å². The molecular formula is C15H20O2. The molecule has 92 valence electrons. The molecule has 0 spiro atoms. The predicted molar refractivity (Wildman–Crippen MR) is 68.8 cm³/mol. The average molecular weight is 232 g/mol. The molecule has 1 aliphatic heterocycles. The summed E-state index contributed by atoms with van der Waals surface area (Å²) in [6.45, 7) is 7.11. The van der Waals surface area contributed by atoms with Crippen molar-refractivity contribution in [2.75, 3.05) is 6.61 Å². The number of carbonyl (C=O) groups excluding carboxylic acids is 1. The molecule has 0 atom stereocenters. The number of ether oxygens (including phenoxy) is 1. The van der Waals surface area contributed by atoms with E-state index >= 15 is 0 Å². The fourth-order valence-electron chi connectivity index (χ4n) is 2.18. The second kappa shape index (κ2) is 4.52. The first-order valence-electron chi connectivity index (χ1n) is 6.35. The lowest BCUT2D eigenvalue weighted by molar-refractivity contribution is 0.0979. The van der Waals surface area contributed by atoms with Gasteiger partial charge in [0.05, 0.1) is 6.61 Å². The molecule has 0 saturated heterocycles. The van der Waals surface area contributed by atoms with Crippen molar-refractivity contribution in [3.8, 4) is 5.75 Å². The zero-order chi connectivity index (χ0) is 12.5. The topological polar surface area (TPSA) is 26.3 Å². The minimum atomic E-state index is 0.0242. The highest BCUT2D eigenvalue weighted by Gasteiger charge is 2.32. The van der Waals surface area contributed by atoms with Gasteiger partial charge < -0.3 is 4.74 Å². The van der Waals surface area contributed by atoms with Crippen molar-refractivity contribution in [1.82, 2.24) is 0 Å². The molecule has 2 heteroatoms. The number of Topliss-reactive ketones (excluding diaryl/α,β-unsaturated/α-hetero) is 1. The predicted octanol–water partition coefficient (Wildman–Crippen LogP) is 3.73. The van der Waals surface area contributed by atoms with Crippen molar-refractivity contribution < 1.29 is 9.53 Å². The van der Waals surface area contributed by atoms with Gasteiger partial charge in [0.15, 0.2) is 5.78 Å². The number of unbranched alkanes of at least 4 members (excludes halogenated alkanes) is 1. The van der Waals surface area contributed by atoms with Crippen LogP contribution in [0.15, 0.2) is 18.2 Å². The first kappa shape index (κ1) is 12.2. The Morgan fingerprint density at radius 3 is 2.88 bits per heavy atom. The lowest BCUT2D eigenvalue weighted by Gasteiger charge is -2.15. The lowest BCUT2D eigenvalue weighted by Crippen LogP contribution is -2.18. The van der Waals surface area contributed by atoms with Crippen LogP contribution >= 0.6 is 0 Å². The minimum absolute atomic E-state index is 0.0242. The molecule has 0 amide bonds. The van der Waals surface area contributed by atoms with E-state index in [4.69, 9.17) is 4.74 Å². The summed E-state index contributed by atoms with van der Waals surface area (Å²) in [5, 5.41) is 0. The van der Waals surface area contributed by atoms with E-state index in [1.54, 1.807) is 0 Å². The highest BCUT2D eigenvalue weighted by molar-refractivity contribution is 5.96. The van der Waals surface area contributed by atoms with Crippen LogP contribution in [0.3, 0.4) is 0 Å². The maximum atomic E-state index is 12.0. The van der Waals surface area contributed by atoms with Crippen LogP contribution in [0.4, 0.5) is 0 Å². The van der Waals surface area contributed by atoms with Crippen molar-refractivity contribution >= 4 is 5.78 Å². The van der Waals surface area contributed by atoms with Crippen LogP contribution in [0.25, 0.3) is 0 Å². The van der Waals surface area contributed by atoms with Gasteiger partial charge in [-0.3, -0.25) is 4.79 Å². The van der Waals surface area contributed by atoms with E-state index in [2.05, 4.69) is 20.8 Å². The summed E-state index contributed by atoms with van der Waals surface area (Å²) in [4.78, 5) is 12.0. The van der Waals surface area contributed by atoms with E-state index in [1.165, 1.54) is 5.56 Å². The summed E-state index contributed by atoms with van der Waals surface area (Å²) < 4.78 is 5.62. The highest BCUT2D eigenvalue weighted by atomic mass is 16.5. The number of fused-ring (bicyclic) bond motifs is 1. The van der Waals surface area contributed by atoms with Crippen molar-refractivity contribution in [2.24, 2.45) is 0 Å². The number of hydrogen-bond acceptors (Lipinski definition) is 2. The van der Waals surface area contributed by atoms with Gasteiger partial charge in [-0.15, -0.1) is 0 Å². The van der Waals surface area contributed by atoms with Crippen molar-refractivity contribution in [3.05, 3.63) is 29.3 Å². The largest absolute Gasteiger partial charge is 0.492 e. The molecule has 0 bridgehead atoms. The Morgan fingerprint density at radius 1 is 1.41 bits per heavy atom. The molecule has 1 aromatic rings. The summed E-state index contributed by atoms with van der Waals surface area (Å²) in [7, 11) is 0. The number of ketones is 1. The summed E-state index contributed by atoms with van der Waals surface area (Å²) >= 11 is 0. The average Bonchev–Trinajstić information content (AvgIpc) is 2.62. The fraction of sp³-hybridized carbons (Fsp3) is 0.533. The van der Waals surface area contributed by atoms with Crippen LogP contribution < -0.4 is 4.74 Å². The smallest absolute Gasteiger partial charge is 0.162 e. The second-order valence-electron chi connectivity index (χ2n) is 5.41. The van der Waals surface area contributed by atoms with Gasteiger partial charge in [0, 0.05) is 23.0 Å². The number of benzene rings is 1. The zero-order valence-electron chi connectivity index (χ0n) is 10.9. The van der Waals surface area contributed by atoms with Gasteiger partial charge in [-0.25, -0.2) is 0 Å². The first-order valence-corrected chi connectivity index (χ1v) is 6.35. The van der Waals surface area contributed by atoms with Gasteiger partial charge >= 0.3 is 0 Å². The third-order valence-corrected chi connectivity index (χ3v) is 3.38. The lowest BCUT2D eigenvalue weighted by atomic mass is 9.85. The first-order chi connectivity index (χ1) is 8.04. The van der Waals surface area contributed by atoms with Crippen LogP contribution in [0.1, 0.15) is 56.0 Å². The van der Waals surface area contributed by atoms with Gasteiger partial charge in [-0.05, 0) is 24.6 Å². The molecule has 0 aromatic heterocycles. The van der Waals surface area contributed by atoms with Crippen LogP contribution in [-0.2, 0) is 5.41 Å². The number of rotatable bonds is 4. The van der Waals surface area contributed by atoms with Crippen molar-refractivity contribution in [1.29, 1.82) is 0 Å². The van der Waals surface area contributed by atoms with Gasteiger partial charge in [0.2, 0.25) is 0 Å². The van der Waals surface area contributed by atoms with Crippen LogP contribution in [0.5, 0.6) is 5.75 Å². The second-order valence-corrected chi connectivity index (χ2v) is 5.41. The SMILES string of the molecule is CCCCC(=O)c1ccc2c(c1)C(C)(C)CO2. The molecule has 17 heavy (non-hydrogen) atoms. The van der Waals surface area contributed by atoms with E-state index < -0.39 is 0 Å². The summed E-state index contributed by atoms with van der Waals surface area (Å²) in [5.41, 5.74) is 2.02. The van der Waals surface area contributed by atoms with Gasteiger partial charge in [-0.2, -0.15) is 0 Å². The normalized spacial score (nSPS) is 16.4. The highest BCUT2D eigenvalue weighted by Crippen LogP contribution is 2.38. The molecule has 0 fully saturated rings. The van der Waals surface area contributed by atoms with Crippen LogP contribution in [-0.4, -0.2) is 12.4 Å². The number of carbonyl (C=O) groups is 1. The van der Waals surface area contributed by atoms with E-state index in [-0.39, 0.29) is 11.2 Å². The maximum absolute atomic E-state index is 12.0. The monoisotopic (exact) mass is 232 g/mol. The van der Waals surface area contributed by atoms with Gasteiger partial charge in [-0.1, -0.05) is 27.2 Å². The Morgan fingerprint density at radius 2 is 2.18 bits per heavy atom. The Balaban J connectivity index is 2.25. The molecule has 1 heterocycles. The molecule has 2 nitrogen and oxygen atoms in total. The third kappa shape index (κ3) is 2.36. The Labute approximate surface area is 103 Å². The summed E-state index contributed by atoms with van der Waals surface area (Å²) in [5.74, 6) is 1.18. The molecule has 0 N–H and O–H groups in total. The zero-order valence-corrected chi connectivity index (χ0v) is 10.9. The van der Waals surface area contributed by atoms with E-state index in [9.17, 15) is 4.79 Å². The van der Waals surface area contributed by atoms with E-state index in [0.717, 1.165) is 24.2 Å². The molecule has 0 radical (unpaired) electrons.